The molecule has 5 nitrogen and oxygen atoms in total. The number of carbonyl (C=O) groups is 2. The zero-order valence-electron chi connectivity index (χ0n) is 24.5. The second-order valence-electron chi connectivity index (χ2n) is 12.5. The molecule has 2 heterocycles. The first kappa shape index (κ1) is 30.4. The normalized spacial score (nSPS) is 21.8. The van der Waals surface area contributed by atoms with Crippen LogP contribution in [0.4, 0.5) is 8.78 Å². The van der Waals surface area contributed by atoms with Crippen molar-refractivity contribution < 1.29 is 18.4 Å². The molecule has 2 aromatic rings. The molecule has 0 aromatic heterocycles. The smallest absolute Gasteiger partial charge is 0.226 e. The monoisotopic (exact) mass is 573 g/mol. The summed E-state index contributed by atoms with van der Waals surface area (Å²) in [5.41, 5.74) is 3.43. The minimum Gasteiger partial charge on any atom is -0.350 e. The maximum atomic E-state index is 15.0. The standard InChI is InChI=1S/C32H42ClF2N3O2/c1-19-15-26(20(2)36-21(3)39)27(17-29(19)33)22-9-12-37(13-10-22)31(40)25-11-14-38(32(4,5)6)18-28(25)24-8-7-23(34)16-30(24)35/h7-8,15-17,20,22,25,28H,9-14,18H2,1-6H3,(H,36,39)/t20?,25-,28?/m1/s1. The van der Waals surface area contributed by atoms with Gasteiger partial charge in [0.2, 0.25) is 11.8 Å². The quantitative estimate of drug-likeness (QED) is 0.431. The summed E-state index contributed by atoms with van der Waals surface area (Å²) in [4.78, 5) is 29.9. The topological polar surface area (TPSA) is 52.7 Å². The van der Waals surface area contributed by atoms with Crippen molar-refractivity contribution in [3.8, 4) is 0 Å². The van der Waals surface area contributed by atoms with Crippen molar-refractivity contribution in [3.63, 3.8) is 0 Å². The molecule has 3 atom stereocenters. The van der Waals surface area contributed by atoms with Gasteiger partial charge < -0.3 is 10.2 Å². The van der Waals surface area contributed by atoms with E-state index in [0.29, 0.717) is 36.6 Å². The van der Waals surface area contributed by atoms with Gasteiger partial charge in [0.15, 0.2) is 0 Å². The third-order valence-electron chi connectivity index (χ3n) is 8.74. The van der Waals surface area contributed by atoms with Gasteiger partial charge in [0.05, 0.1) is 6.04 Å². The number of nitrogens with one attached hydrogen (secondary N) is 1. The molecule has 0 spiro atoms. The molecule has 2 unspecified atom stereocenters. The summed E-state index contributed by atoms with van der Waals surface area (Å²) in [6.45, 7) is 14.3. The molecule has 1 N–H and O–H groups in total. The van der Waals surface area contributed by atoms with Gasteiger partial charge in [-0.2, -0.15) is 0 Å². The maximum absolute atomic E-state index is 15.0. The lowest BCUT2D eigenvalue weighted by Crippen LogP contribution is -2.53. The van der Waals surface area contributed by atoms with Crippen molar-refractivity contribution in [2.75, 3.05) is 26.2 Å². The van der Waals surface area contributed by atoms with Crippen molar-refractivity contribution in [3.05, 3.63) is 69.2 Å². The highest BCUT2D eigenvalue weighted by Crippen LogP contribution is 2.40. The highest BCUT2D eigenvalue weighted by atomic mass is 35.5. The Bertz CT molecular complexity index is 1250. The number of hydrogen-bond donors (Lipinski definition) is 1. The summed E-state index contributed by atoms with van der Waals surface area (Å²) in [7, 11) is 0. The Balaban J connectivity index is 1.53. The first-order valence-electron chi connectivity index (χ1n) is 14.3. The molecule has 0 bridgehead atoms. The van der Waals surface area contributed by atoms with E-state index < -0.39 is 11.6 Å². The summed E-state index contributed by atoms with van der Waals surface area (Å²) in [5, 5.41) is 3.69. The number of piperidine rings is 2. The fourth-order valence-corrected chi connectivity index (χ4v) is 6.62. The van der Waals surface area contributed by atoms with Gasteiger partial charge in [0.1, 0.15) is 11.6 Å². The van der Waals surface area contributed by atoms with Gasteiger partial charge in [-0.15, -0.1) is 0 Å². The Hall–Kier alpha value is -2.51. The van der Waals surface area contributed by atoms with E-state index in [4.69, 9.17) is 11.6 Å². The van der Waals surface area contributed by atoms with Crippen LogP contribution in [-0.4, -0.2) is 53.3 Å². The largest absolute Gasteiger partial charge is 0.350 e. The molecule has 2 aliphatic heterocycles. The molecule has 2 saturated heterocycles. The van der Waals surface area contributed by atoms with Gasteiger partial charge in [-0.3, -0.25) is 14.5 Å². The van der Waals surface area contributed by atoms with Gasteiger partial charge in [-0.05, 0) is 101 Å². The molecular weight excluding hydrogens is 532 g/mol. The third kappa shape index (κ3) is 6.68. The van der Waals surface area contributed by atoms with E-state index in [1.165, 1.54) is 19.1 Å². The fraction of sp³-hybridized carbons (Fsp3) is 0.562. The Morgan fingerprint density at radius 3 is 2.30 bits per heavy atom. The van der Waals surface area contributed by atoms with Crippen LogP contribution < -0.4 is 5.32 Å². The van der Waals surface area contributed by atoms with E-state index >= 15 is 0 Å². The number of nitrogens with zero attached hydrogens (tertiary/aromatic N) is 2. The van der Waals surface area contributed by atoms with Crippen molar-refractivity contribution in [2.24, 2.45) is 5.92 Å². The summed E-state index contributed by atoms with van der Waals surface area (Å²) in [6, 6.07) is 7.64. The predicted octanol–water partition coefficient (Wildman–Crippen LogP) is 6.73. The number of likely N-dealkylation sites (tertiary alicyclic amines) is 2. The van der Waals surface area contributed by atoms with Gasteiger partial charge in [0.25, 0.3) is 0 Å². The number of rotatable bonds is 5. The van der Waals surface area contributed by atoms with Crippen LogP contribution in [0.25, 0.3) is 0 Å². The average molecular weight is 574 g/mol. The lowest BCUT2D eigenvalue weighted by molar-refractivity contribution is -0.139. The van der Waals surface area contributed by atoms with Crippen LogP contribution in [0, 0.1) is 24.5 Å². The van der Waals surface area contributed by atoms with Crippen molar-refractivity contribution in [1.82, 2.24) is 15.1 Å². The summed E-state index contributed by atoms with van der Waals surface area (Å²) >= 11 is 6.53. The molecule has 2 amide bonds. The number of benzene rings is 2. The fourth-order valence-electron chi connectivity index (χ4n) is 6.45. The van der Waals surface area contributed by atoms with E-state index in [0.717, 1.165) is 42.1 Å². The zero-order valence-corrected chi connectivity index (χ0v) is 25.2. The summed E-state index contributed by atoms with van der Waals surface area (Å²) in [5.74, 6) is -1.74. The highest BCUT2D eigenvalue weighted by Gasteiger charge is 2.41. The third-order valence-corrected chi connectivity index (χ3v) is 9.14. The first-order valence-corrected chi connectivity index (χ1v) is 14.7. The molecule has 40 heavy (non-hydrogen) atoms. The van der Waals surface area contributed by atoms with E-state index in [2.05, 4.69) is 37.1 Å². The zero-order chi connectivity index (χ0) is 29.4. The molecule has 4 rings (SSSR count). The van der Waals surface area contributed by atoms with Crippen LogP contribution in [0.3, 0.4) is 0 Å². The van der Waals surface area contributed by atoms with Gasteiger partial charge in [-0.1, -0.05) is 23.7 Å². The van der Waals surface area contributed by atoms with Crippen molar-refractivity contribution in [2.45, 2.75) is 84.2 Å². The molecule has 2 aromatic carbocycles. The summed E-state index contributed by atoms with van der Waals surface area (Å²) in [6.07, 6.45) is 2.19. The predicted molar refractivity (Wildman–Crippen MR) is 156 cm³/mol. The molecule has 8 heteroatoms. The Kier molecular flexibility index (Phi) is 9.25. The van der Waals surface area contributed by atoms with Crippen molar-refractivity contribution >= 4 is 23.4 Å². The van der Waals surface area contributed by atoms with Crippen LogP contribution in [0.1, 0.15) is 94.0 Å². The summed E-state index contributed by atoms with van der Waals surface area (Å²) < 4.78 is 28.7. The molecule has 0 aliphatic carbocycles. The average Bonchev–Trinajstić information content (AvgIpc) is 2.88. The Morgan fingerprint density at radius 1 is 1.02 bits per heavy atom. The van der Waals surface area contributed by atoms with Crippen LogP contribution >= 0.6 is 11.6 Å². The first-order chi connectivity index (χ1) is 18.8. The minimum absolute atomic E-state index is 0.0505. The molecule has 2 fully saturated rings. The second-order valence-corrected chi connectivity index (χ2v) is 12.9. The number of hydrogen-bond acceptors (Lipinski definition) is 3. The van der Waals surface area contributed by atoms with Gasteiger partial charge in [-0.25, -0.2) is 8.78 Å². The van der Waals surface area contributed by atoms with Gasteiger partial charge in [0, 0.05) is 55.0 Å². The van der Waals surface area contributed by atoms with E-state index in [1.807, 2.05) is 24.8 Å². The molecular formula is C32H42ClF2N3O2. The molecule has 0 radical (unpaired) electrons. The van der Waals surface area contributed by atoms with Crippen LogP contribution in [-0.2, 0) is 9.59 Å². The lowest BCUT2D eigenvalue weighted by Gasteiger charge is -2.46. The Morgan fingerprint density at radius 2 is 1.70 bits per heavy atom. The number of amides is 2. The lowest BCUT2D eigenvalue weighted by atomic mass is 9.77. The van der Waals surface area contributed by atoms with Gasteiger partial charge >= 0.3 is 0 Å². The van der Waals surface area contributed by atoms with E-state index in [1.54, 1.807) is 0 Å². The number of carbonyl (C=O) groups excluding carboxylic acids is 2. The van der Waals surface area contributed by atoms with Crippen molar-refractivity contribution in [1.29, 1.82) is 0 Å². The van der Waals surface area contributed by atoms with Crippen LogP contribution in [0.5, 0.6) is 0 Å². The molecule has 0 saturated carbocycles. The minimum atomic E-state index is -0.613. The second kappa shape index (κ2) is 12.2. The maximum Gasteiger partial charge on any atom is 0.226 e. The molecule has 2 aliphatic rings. The SMILES string of the molecule is CC(=O)NC(C)c1cc(C)c(Cl)cc1C1CCN(C(=O)[C@@H]2CCN(C(C)(C)C)CC2c2ccc(F)cc2F)CC1. The number of halogens is 3. The molecule has 218 valence electrons. The van der Waals surface area contributed by atoms with E-state index in [9.17, 15) is 18.4 Å². The highest BCUT2D eigenvalue weighted by molar-refractivity contribution is 6.31. The van der Waals surface area contributed by atoms with E-state index in [-0.39, 0.29) is 41.1 Å². The Labute approximate surface area is 242 Å². The number of aryl methyl sites for hydroxylation is 1. The van der Waals surface area contributed by atoms with Crippen LogP contribution in [0.15, 0.2) is 30.3 Å². The van der Waals surface area contributed by atoms with Crippen LogP contribution in [0.2, 0.25) is 5.02 Å².